The Bertz CT molecular complexity index is 560. The van der Waals surface area contributed by atoms with Gasteiger partial charge in [0.15, 0.2) is 0 Å². The Balaban J connectivity index is 2.48. The molecule has 0 fully saturated rings. The summed E-state index contributed by atoms with van der Waals surface area (Å²) in [5.74, 6) is 5.64. The summed E-state index contributed by atoms with van der Waals surface area (Å²) in [5, 5.41) is 1.32. The van der Waals surface area contributed by atoms with Gasteiger partial charge in [-0.1, -0.05) is 51.3 Å². The highest BCUT2D eigenvalue weighted by atomic mass is 79.9. The molecule has 0 spiro atoms. The van der Waals surface area contributed by atoms with E-state index in [0.29, 0.717) is 10.0 Å². The van der Waals surface area contributed by atoms with Crippen LogP contribution in [0, 0.1) is 0 Å². The van der Waals surface area contributed by atoms with Gasteiger partial charge in [-0.2, -0.15) is 0 Å². The fourth-order valence-electron chi connectivity index (χ4n) is 1.79. The molecule has 2 rings (SSSR count). The van der Waals surface area contributed by atoms with E-state index < -0.39 is 0 Å². The lowest BCUT2D eigenvalue weighted by Crippen LogP contribution is -2.29. The van der Waals surface area contributed by atoms with Crippen molar-refractivity contribution in [3.8, 4) is 0 Å². The summed E-state index contributed by atoms with van der Waals surface area (Å²) < 4.78 is 0.948. The monoisotopic (exact) mass is 344 g/mol. The molecule has 1 unspecified atom stereocenters. The van der Waals surface area contributed by atoms with Crippen LogP contribution < -0.4 is 11.3 Å². The quantitative estimate of drug-likeness (QED) is 0.642. The molecule has 5 heteroatoms. The smallest absolute Gasteiger partial charge is 0.0725 e. The summed E-state index contributed by atoms with van der Waals surface area (Å²) in [4.78, 5) is 0. The van der Waals surface area contributed by atoms with E-state index >= 15 is 0 Å². The molecule has 0 amide bonds. The topological polar surface area (TPSA) is 38.0 Å². The van der Waals surface area contributed by atoms with Crippen LogP contribution >= 0.6 is 39.1 Å². The summed E-state index contributed by atoms with van der Waals surface area (Å²) in [6.07, 6.45) is 0. The molecule has 1 atom stereocenters. The molecule has 0 aliphatic heterocycles. The van der Waals surface area contributed by atoms with Gasteiger partial charge in [0.2, 0.25) is 0 Å². The second-order valence-corrected chi connectivity index (χ2v) is 5.58. The molecule has 94 valence electrons. The molecule has 3 N–H and O–H groups in total. The van der Waals surface area contributed by atoms with Crippen molar-refractivity contribution in [2.75, 3.05) is 0 Å². The van der Waals surface area contributed by atoms with Gasteiger partial charge in [-0.25, -0.2) is 5.43 Å². The molecule has 0 radical (unpaired) electrons. The van der Waals surface area contributed by atoms with Gasteiger partial charge in [0.25, 0.3) is 0 Å². The van der Waals surface area contributed by atoms with Crippen LogP contribution in [-0.2, 0) is 0 Å². The second-order valence-electron chi connectivity index (χ2n) is 3.82. The predicted molar refractivity (Wildman–Crippen MR) is 79.8 cm³/mol. The number of hydrogen-bond donors (Lipinski definition) is 2. The van der Waals surface area contributed by atoms with Gasteiger partial charge < -0.3 is 0 Å². The Morgan fingerprint density at radius 1 is 1.11 bits per heavy atom. The Kier molecular flexibility index (Phi) is 4.65. The zero-order chi connectivity index (χ0) is 13.1. The lowest BCUT2D eigenvalue weighted by atomic mass is 9.99. The maximum Gasteiger partial charge on any atom is 0.0725 e. The van der Waals surface area contributed by atoms with Gasteiger partial charge in [0, 0.05) is 14.5 Å². The number of rotatable bonds is 3. The van der Waals surface area contributed by atoms with Gasteiger partial charge in [0.05, 0.1) is 6.04 Å². The van der Waals surface area contributed by atoms with Crippen LogP contribution in [-0.4, -0.2) is 0 Å². The van der Waals surface area contributed by atoms with Crippen LogP contribution in [0.4, 0.5) is 0 Å². The van der Waals surface area contributed by atoms with Gasteiger partial charge in [-0.15, -0.1) is 0 Å². The molecule has 2 nitrogen and oxygen atoms in total. The summed E-state index contributed by atoms with van der Waals surface area (Å²) >= 11 is 15.6. The molecule has 0 aliphatic carbocycles. The SMILES string of the molecule is NNC(c1cccc(Cl)c1)c1cc(Br)ccc1Cl. The highest BCUT2D eigenvalue weighted by Gasteiger charge is 2.16. The number of hydrogen-bond acceptors (Lipinski definition) is 2. The number of nitrogens with one attached hydrogen (secondary N) is 1. The molecular formula is C13H11BrCl2N2. The molecular weight excluding hydrogens is 335 g/mol. The van der Waals surface area contributed by atoms with E-state index in [1.54, 1.807) is 0 Å². The summed E-state index contributed by atoms with van der Waals surface area (Å²) in [7, 11) is 0. The third-order valence-corrected chi connectivity index (χ3v) is 3.69. The van der Waals surface area contributed by atoms with Crippen LogP contribution in [0.1, 0.15) is 17.2 Å². The van der Waals surface area contributed by atoms with Gasteiger partial charge in [-0.05, 0) is 41.5 Å². The molecule has 0 bridgehead atoms. The summed E-state index contributed by atoms with van der Waals surface area (Å²) in [6.45, 7) is 0. The highest BCUT2D eigenvalue weighted by molar-refractivity contribution is 9.10. The van der Waals surface area contributed by atoms with E-state index in [2.05, 4.69) is 21.4 Å². The number of hydrazine groups is 1. The van der Waals surface area contributed by atoms with E-state index in [-0.39, 0.29) is 6.04 Å². The van der Waals surface area contributed by atoms with E-state index in [1.165, 1.54) is 0 Å². The van der Waals surface area contributed by atoms with E-state index in [0.717, 1.165) is 15.6 Å². The van der Waals surface area contributed by atoms with Crippen molar-refractivity contribution in [1.82, 2.24) is 5.43 Å². The van der Waals surface area contributed by atoms with Crippen LogP contribution in [0.2, 0.25) is 10.0 Å². The maximum absolute atomic E-state index is 6.21. The van der Waals surface area contributed by atoms with Crippen molar-refractivity contribution < 1.29 is 0 Å². The van der Waals surface area contributed by atoms with Crippen molar-refractivity contribution in [2.24, 2.45) is 5.84 Å². The standard InChI is InChI=1S/C13H11BrCl2N2/c14-9-4-5-12(16)11(7-9)13(18-17)8-2-1-3-10(15)6-8/h1-7,13,18H,17H2. The summed E-state index contributed by atoms with van der Waals surface area (Å²) in [6, 6.07) is 13.0. The normalized spacial score (nSPS) is 12.4. The lowest BCUT2D eigenvalue weighted by Gasteiger charge is -2.18. The van der Waals surface area contributed by atoms with Crippen molar-refractivity contribution in [3.63, 3.8) is 0 Å². The minimum atomic E-state index is -0.200. The summed E-state index contributed by atoms with van der Waals surface area (Å²) in [5.41, 5.74) is 4.63. The minimum Gasteiger partial charge on any atom is -0.271 e. The first kappa shape index (κ1) is 13.8. The molecule has 0 aliphatic rings. The van der Waals surface area contributed by atoms with Crippen LogP contribution in [0.25, 0.3) is 0 Å². The van der Waals surface area contributed by atoms with Crippen molar-refractivity contribution in [3.05, 3.63) is 68.1 Å². The molecule has 0 heterocycles. The van der Waals surface area contributed by atoms with Crippen LogP contribution in [0.15, 0.2) is 46.9 Å². The van der Waals surface area contributed by atoms with Crippen molar-refractivity contribution in [2.45, 2.75) is 6.04 Å². The number of halogens is 3. The average Bonchev–Trinajstić information content (AvgIpc) is 2.35. The Morgan fingerprint density at radius 2 is 1.89 bits per heavy atom. The van der Waals surface area contributed by atoms with E-state index in [9.17, 15) is 0 Å². The van der Waals surface area contributed by atoms with E-state index in [1.807, 2.05) is 42.5 Å². The predicted octanol–water partition coefficient (Wildman–Crippen LogP) is 4.31. The van der Waals surface area contributed by atoms with Gasteiger partial charge in [0.1, 0.15) is 0 Å². The highest BCUT2D eigenvalue weighted by Crippen LogP contribution is 2.31. The van der Waals surface area contributed by atoms with Crippen LogP contribution in [0.3, 0.4) is 0 Å². The molecule has 2 aromatic carbocycles. The molecule has 0 saturated carbocycles. The average molecular weight is 346 g/mol. The third-order valence-electron chi connectivity index (χ3n) is 2.62. The van der Waals surface area contributed by atoms with Gasteiger partial charge in [-0.3, -0.25) is 5.84 Å². The fourth-order valence-corrected chi connectivity index (χ4v) is 2.59. The maximum atomic E-state index is 6.21. The first-order valence-corrected chi connectivity index (χ1v) is 6.83. The zero-order valence-corrected chi connectivity index (χ0v) is 12.4. The molecule has 0 aromatic heterocycles. The largest absolute Gasteiger partial charge is 0.271 e. The van der Waals surface area contributed by atoms with Gasteiger partial charge >= 0.3 is 0 Å². The molecule has 18 heavy (non-hydrogen) atoms. The Labute approximate surface area is 124 Å². The van der Waals surface area contributed by atoms with Crippen molar-refractivity contribution in [1.29, 1.82) is 0 Å². The minimum absolute atomic E-state index is 0.200. The number of nitrogens with two attached hydrogens (primary N) is 1. The Hall–Kier alpha value is -0.580. The number of benzene rings is 2. The second kappa shape index (κ2) is 6.04. The molecule has 0 saturated heterocycles. The first-order valence-electron chi connectivity index (χ1n) is 5.28. The first-order chi connectivity index (χ1) is 8.61. The third kappa shape index (κ3) is 3.05. The molecule has 2 aromatic rings. The fraction of sp³-hybridized carbons (Fsp3) is 0.0769. The lowest BCUT2D eigenvalue weighted by molar-refractivity contribution is 0.637. The Morgan fingerprint density at radius 3 is 2.56 bits per heavy atom. The van der Waals surface area contributed by atoms with Crippen LogP contribution in [0.5, 0.6) is 0 Å². The van der Waals surface area contributed by atoms with E-state index in [4.69, 9.17) is 29.0 Å². The zero-order valence-electron chi connectivity index (χ0n) is 9.33. The van der Waals surface area contributed by atoms with Crippen molar-refractivity contribution >= 4 is 39.1 Å².